The first-order valence-corrected chi connectivity index (χ1v) is 4.92. The molecule has 1 aliphatic rings. The highest BCUT2D eigenvalue weighted by Gasteiger charge is 2.36. The highest BCUT2D eigenvalue weighted by molar-refractivity contribution is 7.37. The van der Waals surface area contributed by atoms with Crippen LogP contribution in [0.5, 0.6) is 0 Å². The largest absolute Gasteiger partial charge is 0.345 e. The smallest absolute Gasteiger partial charge is 0.227 e. The first kappa shape index (κ1) is 6.60. The second-order valence-electron chi connectivity index (χ2n) is 2.82. The fourth-order valence-electron chi connectivity index (χ4n) is 1.17. The Labute approximate surface area is 65.0 Å². The molecular weight excluding hydrogens is 145 g/mol. The molecule has 1 rings (SSSR count). The van der Waals surface area contributed by atoms with Gasteiger partial charge in [-0.1, -0.05) is 6.92 Å². The van der Waals surface area contributed by atoms with Crippen molar-refractivity contribution in [2.24, 2.45) is 5.92 Å². The average Bonchev–Trinajstić information content (AvgIpc) is 1.98. The highest BCUT2D eigenvalue weighted by atomic mass is 31.1. The van der Waals surface area contributed by atoms with Gasteiger partial charge in [0.2, 0.25) is 5.91 Å². The molecule has 3 unspecified atom stereocenters. The molecule has 0 radical (unpaired) electrons. The predicted octanol–water partition coefficient (Wildman–Crippen LogP) is 0.771. The molecule has 1 saturated heterocycles. The molecule has 0 aromatic heterocycles. The van der Waals surface area contributed by atoms with E-state index in [0.717, 1.165) is 6.54 Å². The van der Waals surface area contributed by atoms with E-state index in [9.17, 15) is 4.79 Å². The predicted molar refractivity (Wildman–Crippen MR) is 44.8 cm³/mol. The maximum Gasteiger partial charge on any atom is 0.227 e. The molecule has 1 aliphatic heterocycles. The molecule has 0 aromatic rings. The Hall–Kier alpha value is -0.100. The van der Waals surface area contributed by atoms with Crippen molar-refractivity contribution < 1.29 is 4.79 Å². The minimum atomic E-state index is -0.699. The zero-order valence-electron chi connectivity index (χ0n) is 7.66. The van der Waals surface area contributed by atoms with Gasteiger partial charge in [-0.25, -0.2) is 0 Å². The van der Waals surface area contributed by atoms with E-state index in [1.165, 1.54) is 0 Å². The average molecular weight is 161 g/mol. The molecule has 0 saturated carbocycles. The SMILES string of the molecule is [3H]P(C)C(C)C1CN(C)C1=O. The van der Waals surface area contributed by atoms with Crippen molar-refractivity contribution in [1.82, 2.24) is 4.90 Å². The standard InChI is InChI=1S/C7H14NOP/c1-5(10-3)6-4-8(2)7(6)9/h5-6,10H,4H2,1-3H3/i10T. The molecule has 1 fully saturated rings. The molecule has 1 heterocycles. The molecule has 0 bridgehead atoms. The van der Waals surface area contributed by atoms with Crippen molar-refractivity contribution in [1.29, 1.82) is 1.28 Å². The van der Waals surface area contributed by atoms with E-state index in [1.807, 2.05) is 20.6 Å². The summed E-state index contributed by atoms with van der Waals surface area (Å²) in [5.41, 5.74) is 0.272. The molecule has 3 atom stereocenters. The van der Waals surface area contributed by atoms with Crippen molar-refractivity contribution in [2.75, 3.05) is 20.3 Å². The van der Waals surface area contributed by atoms with E-state index in [2.05, 4.69) is 0 Å². The third kappa shape index (κ3) is 1.17. The van der Waals surface area contributed by atoms with Gasteiger partial charge in [0, 0.05) is 13.6 Å². The van der Waals surface area contributed by atoms with Crippen LogP contribution >= 0.6 is 8.53 Å². The van der Waals surface area contributed by atoms with Gasteiger partial charge in [0.1, 0.15) is 0 Å². The minimum Gasteiger partial charge on any atom is -0.345 e. The molecule has 0 N–H and O–H groups in total. The summed E-state index contributed by atoms with van der Waals surface area (Å²) >= 11 is 0. The van der Waals surface area contributed by atoms with E-state index < -0.39 is 8.53 Å². The van der Waals surface area contributed by atoms with Crippen LogP contribution in [0.1, 0.15) is 6.92 Å². The first-order chi connectivity index (χ1) is 5.04. The zero-order chi connectivity index (χ0) is 8.59. The van der Waals surface area contributed by atoms with Crippen molar-refractivity contribution in [2.45, 2.75) is 12.6 Å². The molecule has 10 heavy (non-hydrogen) atoms. The van der Waals surface area contributed by atoms with Gasteiger partial charge >= 0.3 is 0 Å². The van der Waals surface area contributed by atoms with E-state index in [-0.39, 0.29) is 17.5 Å². The monoisotopic (exact) mass is 161 g/mol. The van der Waals surface area contributed by atoms with Crippen LogP contribution in [0.3, 0.4) is 0 Å². The lowest BCUT2D eigenvalue weighted by atomic mass is 9.96. The third-order valence-corrected chi connectivity index (χ3v) is 3.33. The highest BCUT2D eigenvalue weighted by Crippen LogP contribution is 2.29. The normalized spacial score (nSPS) is 32.7. The molecule has 1 amide bonds. The van der Waals surface area contributed by atoms with Crippen LogP contribution in [0.4, 0.5) is 0 Å². The lowest BCUT2D eigenvalue weighted by molar-refractivity contribution is -0.145. The number of hydrogen-bond donors (Lipinski definition) is 0. The van der Waals surface area contributed by atoms with Crippen LogP contribution in [0, 0.1) is 5.92 Å². The fourth-order valence-corrected chi connectivity index (χ4v) is 1.75. The Morgan fingerprint density at radius 1 is 2.00 bits per heavy atom. The molecule has 0 spiro atoms. The number of carbonyl (C=O) groups excluding carboxylic acids is 1. The maximum absolute atomic E-state index is 11.2. The molecule has 2 nitrogen and oxygen atoms in total. The van der Waals surface area contributed by atoms with Gasteiger partial charge in [-0.2, -0.15) is 0 Å². The molecule has 58 valence electrons. The van der Waals surface area contributed by atoms with Gasteiger partial charge in [0.15, 0.2) is 0 Å². The van der Waals surface area contributed by atoms with Crippen molar-refractivity contribution in [3.05, 3.63) is 0 Å². The summed E-state index contributed by atoms with van der Waals surface area (Å²) < 4.78 is 7.50. The lowest BCUT2D eigenvalue weighted by Crippen LogP contribution is -2.53. The summed E-state index contributed by atoms with van der Waals surface area (Å²) in [6.07, 6.45) is 0. The number of rotatable bonds is 2. The number of nitrogens with zero attached hydrogens (tertiary/aromatic N) is 1. The molecule has 0 aromatic carbocycles. The van der Waals surface area contributed by atoms with Gasteiger partial charge in [-0.3, -0.25) is 4.79 Å². The van der Waals surface area contributed by atoms with Crippen molar-refractivity contribution >= 4 is 14.4 Å². The summed E-state index contributed by atoms with van der Waals surface area (Å²) in [4.78, 5) is 12.9. The van der Waals surface area contributed by atoms with Crippen LogP contribution in [-0.4, -0.2) is 38.0 Å². The van der Waals surface area contributed by atoms with Gasteiger partial charge in [0.05, 0.1) is 7.20 Å². The van der Waals surface area contributed by atoms with E-state index in [4.69, 9.17) is 1.28 Å². The van der Waals surface area contributed by atoms with Gasteiger partial charge < -0.3 is 4.90 Å². The molecule has 3 heteroatoms. The second kappa shape index (κ2) is 2.87. The van der Waals surface area contributed by atoms with Gasteiger partial charge in [0.25, 0.3) is 0 Å². The van der Waals surface area contributed by atoms with E-state index in [1.54, 1.807) is 4.90 Å². The first-order valence-electron chi connectivity index (χ1n) is 3.95. The number of hydrogen-bond acceptors (Lipinski definition) is 1. The quantitative estimate of drug-likeness (QED) is 0.432. The molecule has 0 aliphatic carbocycles. The summed E-state index contributed by atoms with van der Waals surface area (Å²) in [6, 6.07) is 0. The Bertz CT molecular complexity index is 174. The fraction of sp³-hybridized carbons (Fsp3) is 0.857. The van der Waals surface area contributed by atoms with Crippen molar-refractivity contribution in [3.8, 4) is 0 Å². The number of carbonyl (C=O) groups is 1. The van der Waals surface area contributed by atoms with Crippen LogP contribution in [-0.2, 0) is 4.79 Å². The second-order valence-corrected chi connectivity index (χ2v) is 4.15. The summed E-state index contributed by atoms with van der Waals surface area (Å²) in [5.74, 6) is 0.368. The molecular formula is C7H14NOP. The zero-order valence-corrected chi connectivity index (χ0v) is 7.56. The Morgan fingerprint density at radius 2 is 2.60 bits per heavy atom. The topological polar surface area (TPSA) is 20.3 Å². The number of amides is 1. The Balaban J connectivity index is 2.45. The van der Waals surface area contributed by atoms with Crippen LogP contribution in [0.25, 0.3) is 0 Å². The van der Waals surface area contributed by atoms with E-state index in [0.29, 0.717) is 0 Å². The summed E-state index contributed by atoms with van der Waals surface area (Å²) in [6.45, 7) is 4.77. The third-order valence-electron chi connectivity index (χ3n) is 2.15. The van der Waals surface area contributed by atoms with Crippen LogP contribution in [0.15, 0.2) is 0 Å². The van der Waals surface area contributed by atoms with Gasteiger partial charge in [-0.15, -0.1) is 8.53 Å². The summed E-state index contributed by atoms with van der Waals surface area (Å²) in [5, 5.41) is 0. The van der Waals surface area contributed by atoms with E-state index >= 15 is 0 Å². The summed E-state index contributed by atoms with van der Waals surface area (Å²) in [7, 11) is 1.11. The number of β-lactam (4-membered cyclic amide) rings is 1. The minimum absolute atomic E-state index is 0.147. The maximum atomic E-state index is 11.2. The van der Waals surface area contributed by atoms with Crippen molar-refractivity contribution in [3.63, 3.8) is 0 Å². The Kier molecular flexibility index (Phi) is 1.90. The lowest BCUT2D eigenvalue weighted by Gasteiger charge is -2.38. The van der Waals surface area contributed by atoms with Crippen LogP contribution < -0.4 is 0 Å². The van der Waals surface area contributed by atoms with Gasteiger partial charge in [-0.05, 0) is 12.3 Å². The number of likely N-dealkylation sites (tertiary alicyclic amines) is 1. The van der Waals surface area contributed by atoms with Crippen LogP contribution in [0.2, 0.25) is 0 Å². The Morgan fingerprint density at radius 3 is 2.90 bits per heavy atom.